The fourth-order valence-electron chi connectivity index (χ4n) is 7.11. The number of amides is 1. The Labute approximate surface area is 339 Å². The fraction of sp³-hybridized carbons (Fsp3) is 0.568. The molecule has 23 heteroatoms. The monoisotopic (exact) mass is 857 g/mol. The average molecular weight is 858 g/mol. The summed E-state index contributed by atoms with van der Waals surface area (Å²) in [7, 11) is 1.29. The standard InChI is InChI=1S/C37H47NO22/c1-54-20-6-13(2-4-18(20)56-36-32(50)29(47)26(44)22(11-40)59-36)3-5-24(42)38-15-9-19(17(41)8-14(15)7-16(38)34(52)53)57-37-33(51)30(48)27(45)23(60-37)12-55-35-31(49)28(46)25(43)21(10-39)58-35/h2-6,8-9,16,21-23,25-33,35-37,39-41,43-51H,7,10-12H2,1H3,(H,52,53)/b5-3+/t16-,21+,22+,23+,25+,26+,27+,28-,29-,30-,31+,32+,33+,35+,36+,37+/m0/s1. The number of carboxylic acid groups (broad SMARTS) is 1. The van der Waals surface area contributed by atoms with Gasteiger partial charge < -0.3 is 99.5 Å². The lowest BCUT2D eigenvalue weighted by atomic mass is 9.98. The molecule has 60 heavy (non-hydrogen) atoms. The molecule has 0 radical (unpaired) electrons. The summed E-state index contributed by atoms with van der Waals surface area (Å²) in [5.74, 6) is -3.16. The van der Waals surface area contributed by atoms with Crippen molar-refractivity contribution in [1.29, 1.82) is 0 Å². The Morgan fingerprint density at radius 1 is 0.700 bits per heavy atom. The molecule has 3 fully saturated rings. The van der Waals surface area contributed by atoms with Crippen LogP contribution in [-0.2, 0) is 35.0 Å². The highest BCUT2D eigenvalue weighted by Gasteiger charge is 2.49. The third-order valence-corrected chi connectivity index (χ3v) is 10.5. The van der Waals surface area contributed by atoms with Crippen LogP contribution in [0.25, 0.3) is 6.08 Å². The van der Waals surface area contributed by atoms with E-state index in [1.807, 2.05) is 0 Å². The van der Waals surface area contributed by atoms with Crippen molar-refractivity contribution in [1.82, 2.24) is 0 Å². The quantitative estimate of drug-likeness (QED) is 0.0836. The van der Waals surface area contributed by atoms with Gasteiger partial charge in [0.25, 0.3) is 5.91 Å². The van der Waals surface area contributed by atoms with E-state index in [-0.39, 0.29) is 29.2 Å². The van der Waals surface area contributed by atoms with E-state index in [0.717, 1.165) is 23.1 Å². The van der Waals surface area contributed by atoms with E-state index in [2.05, 4.69) is 0 Å². The molecule has 0 spiro atoms. The van der Waals surface area contributed by atoms with Gasteiger partial charge in [-0.15, -0.1) is 0 Å². The number of rotatable bonds is 13. The number of benzene rings is 2. The maximum atomic E-state index is 13.7. The number of hydrogen-bond donors (Lipinski definition) is 13. The molecule has 0 saturated carbocycles. The molecular weight excluding hydrogens is 810 g/mol. The van der Waals surface area contributed by atoms with Crippen LogP contribution in [0.1, 0.15) is 11.1 Å². The molecule has 23 nitrogen and oxygen atoms in total. The van der Waals surface area contributed by atoms with Crippen LogP contribution in [0.3, 0.4) is 0 Å². The molecule has 332 valence electrons. The van der Waals surface area contributed by atoms with Gasteiger partial charge in [-0.2, -0.15) is 0 Å². The zero-order valence-electron chi connectivity index (χ0n) is 31.5. The number of carboxylic acids is 1. The number of phenols is 1. The number of aromatic hydroxyl groups is 1. The first kappa shape index (κ1) is 45.3. The molecule has 2 aromatic rings. The van der Waals surface area contributed by atoms with Gasteiger partial charge in [0.1, 0.15) is 79.3 Å². The van der Waals surface area contributed by atoms with Crippen LogP contribution in [0.15, 0.2) is 36.4 Å². The van der Waals surface area contributed by atoms with Gasteiger partial charge in [0, 0.05) is 18.6 Å². The van der Waals surface area contributed by atoms with Crippen molar-refractivity contribution >= 4 is 23.6 Å². The van der Waals surface area contributed by atoms with E-state index in [9.17, 15) is 76.0 Å². The normalized spacial score (nSPS) is 36.8. The summed E-state index contributed by atoms with van der Waals surface area (Å²) in [6, 6.07) is 5.06. The van der Waals surface area contributed by atoms with Crippen molar-refractivity contribution in [3.63, 3.8) is 0 Å². The number of methoxy groups -OCH3 is 1. The molecule has 16 atom stereocenters. The number of aliphatic hydroxyl groups is 11. The molecule has 4 aliphatic heterocycles. The lowest BCUT2D eigenvalue weighted by Gasteiger charge is -2.42. The number of anilines is 1. The largest absolute Gasteiger partial charge is 0.504 e. The summed E-state index contributed by atoms with van der Waals surface area (Å²) in [4.78, 5) is 27.0. The van der Waals surface area contributed by atoms with Gasteiger partial charge >= 0.3 is 5.97 Å². The second kappa shape index (κ2) is 18.8. The van der Waals surface area contributed by atoms with Crippen LogP contribution >= 0.6 is 0 Å². The zero-order valence-corrected chi connectivity index (χ0v) is 31.5. The lowest BCUT2D eigenvalue weighted by Crippen LogP contribution is -2.62. The maximum Gasteiger partial charge on any atom is 0.327 e. The molecule has 1 amide bonds. The lowest BCUT2D eigenvalue weighted by molar-refractivity contribution is -0.323. The van der Waals surface area contributed by atoms with Crippen molar-refractivity contribution in [3.05, 3.63) is 47.5 Å². The second-order valence-electron chi connectivity index (χ2n) is 14.4. The van der Waals surface area contributed by atoms with Crippen molar-refractivity contribution < 1.29 is 109 Å². The third-order valence-electron chi connectivity index (χ3n) is 10.5. The van der Waals surface area contributed by atoms with Gasteiger partial charge in [0.2, 0.25) is 12.6 Å². The minimum Gasteiger partial charge on any atom is -0.504 e. The summed E-state index contributed by atoms with van der Waals surface area (Å²) in [5.41, 5.74) is 0.549. The highest BCUT2D eigenvalue weighted by atomic mass is 16.7. The number of carbonyl (C=O) groups excluding carboxylic acids is 1. The van der Waals surface area contributed by atoms with Crippen molar-refractivity contribution in [2.24, 2.45) is 0 Å². The number of aliphatic hydroxyl groups excluding tert-OH is 11. The number of ether oxygens (including phenoxy) is 7. The second-order valence-corrected chi connectivity index (χ2v) is 14.4. The highest BCUT2D eigenvalue weighted by Crippen LogP contribution is 2.42. The molecule has 4 heterocycles. The van der Waals surface area contributed by atoms with Crippen LogP contribution < -0.4 is 19.1 Å². The van der Waals surface area contributed by atoms with E-state index in [4.69, 9.17) is 33.2 Å². The molecule has 13 N–H and O–H groups in total. The third kappa shape index (κ3) is 9.01. The van der Waals surface area contributed by atoms with E-state index >= 15 is 0 Å². The van der Waals surface area contributed by atoms with Crippen LogP contribution in [0.2, 0.25) is 0 Å². The number of phenolic OH excluding ortho intramolecular Hbond substituents is 1. The van der Waals surface area contributed by atoms with Gasteiger partial charge in [-0.25, -0.2) is 4.79 Å². The fourth-order valence-corrected chi connectivity index (χ4v) is 7.11. The van der Waals surface area contributed by atoms with Crippen LogP contribution in [-0.4, -0.2) is 203 Å². The van der Waals surface area contributed by atoms with Crippen molar-refractivity contribution in [3.8, 4) is 23.0 Å². The predicted octanol–water partition coefficient (Wildman–Crippen LogP) is -5.36. The Bertz CT molecular complexity index is 1860. The van der Waals surface area contributed by atoms with Gasteiger partial charge in [-0.05, 0) is 35.4 Å². The number of hydrogen-bond acceptors (Lipinski definition) is 21. The van der Waals surface area contributed by atoms with E-state index in [1.54, 1.807) is 0 Å². The molecule has 0 aliphatic carbocycles. The number of carbonyl (C=O) groups is 2. The van der Waals surface area contributed by atoms with Crippen molar-refractivity contribution in [2.75, 3.05) is 31.8 Å². The summed E-state index contributed by atoms with van der Waals surface area (Å²) in [6.45, 7) is -2.09. The Balaban J connectivity index is 1.17. The first-order valence-electron chi connectivity index (χ1n) is 18.5. The minimum atomic E-state index is -1.95. The Hall–Kier alpha value is -4.28. The molecule has 0 aromatic heterocycles. The molecule has 2 aromatic carbocycles. The molecular formula is C37H47NO22. The average Bonchev–Trinajstić information content (AvgIpc) is 3.61. The number of aliphatic carboxylic acids is 1. The summed E-state index contributed by atoms with van der Waals surface area (Å²) in [5, 5.41) is 133. The number of nitrogens with zero attached hydrogens (tertiary/aromatic N) is 1. The molecule has 0 unspecified atom stereocenters. The summed E-state index contributed by atoms with van der Waals surface area (Å²) >= 11 is 0. The summed E-state index contributed by atoms with van der Waals surface area (Å²) in [6.07, 6.45) is -22.9. The minimum absolute atomic E-state index is 0.0128. The molecule has 6 rings (SSSR count). The Morgan fingerprint density at radius 3 is 1.80 bits per heavy atom. The first-order chi connectivity index (χ1) is 28.5. The van der Waals surface area contributed by atoms with Gasteiger partial charge in [0.05, 0.1) is 32.6 Å². The first-order valence-corrected chi connectivity index (χ1v) is 18.5. The molecule has 4 aliphatic rings. The predicted molar refractivity (Wildman–Crippen MR) is 194 cm³/mol. The van der Waals surface area contributed by atoms with Gasteiger partial charge in [-0.3, -0.25) is 9.69 Å². The highest BCUT2D eigenvalue weighted by molar-refractivity contribution is 6.09. The van der Waals surface area contributed by atoms with Crippen LogP contribution in [0, 0.1) is 0 Å². The van der Waals surface area contributed by atoms with Gasteiger partial charge in [0.15, 0.2) is 29.3 Å². The van der Waals surface area contributed by atoms with E-state index in [1.165, 1.54) is 31.4 Å². The topological polar surface area (TPSA) is 365 Å². The Morgan fingerprint density at radius 2 is 1.23 bits per heavy atom. The van der Waals surface area contributed by atoms with Gasteiger partial charge in [-0.1, -0.05) is 6.07 Å². The Kier molecular flexibility index (Phi) is 14.2. The maximum absolute atomic E-state index is 13.7. The molecule has 3 saturated heterocycles. The zero-order chi connectivity index (χ0) is 43.7. The van der Waals surface area contributed by atoms with Crippen molar-refractivity contribution in [2.45, 2.75) is 105 Å². The van der Waals surface area contributed by atoms with Crippen LogP contribution in [0.5, 0.6) is 23.0 Å². The SMILES string of the molecule is COc1cc(/C=C/C(=O)N2c3cc(O[C@@H]4O[C@H](CO[C@@H]5O[C@H](CO)[C@@H](O)[C@H](O)[C@H]5O)[C@@H](O)[C@H](O)[C@H]4O)c(O)cc3C[C@H]2C(=O)O)ccc1O[C@@H]1O[C@H](CO)[C@@H](O)[C@H](O)[C@H]1O. The van der Waals surface area contributed by atoms with E-state index < -0.39 is 141 Å². The summed E-state index contributed by atoms with van der Waals surface area (Å²) < 4.78 is 38.4. The van der Waals surface area contributed by atoms with Crippen LogP contribution in [0.4, 0.5) is 5.69 Å². The smallest absolute Gasteiger partial charge is 0.327 e. The van der Waals surface area contributed by atoms with E-state index in [0.29, 0.717) is 5.56 Å². The number of fused-ring (bicyclic) bond motifs is 1. The molecule has 0 bridgehead atoms.